The Hall–Kier alpha value is -1.80. The van der Waals surface area contributed by atoms with E-state index in [0.29, 0.717) is 23.9 Å². The third kappa shape index (κ3) is 46.2. The second-order valence-corrected chi connectivity index (χ2v) is 20.0. The quantitative estimate of drug-likeness (QED) is 0.0243. The van der Waals surface area contributed by atoms with Crippen LogP contribution in [0.3, 0.4) is 0 Å². The molecule has 0 spiro atoms. The van der Waals surface area contributed by atoms with Gasteiger partial charge in [0.15, 0.2) is 0 Å². The number of carbonyl (C=O) groups excluding carboxylic acids is 1. The summed E-state index contributed by atoms with van der Waals surface area (Å²) in [5.74, 6) is -0.150. The highest BCUT2D eigenvalue weighted by atomic mass is 31.2. The topological polar surface area (TPSA) is 105 Å². The summed E-state index contributed by atoms with van der Waals surface area (Å²) in [5.41, 5.74) is 0. The molecule has 0 saturated carbocycles. The van der Waals surface area contributed by atoms with Crippen molar-refractivity contribution in [2.24, 2.45) is 0 Å². The minimum absolute atomic E-state index is 0.0722. The average molecular weight is 892 g/mol. The second kappa shape index (κ2) is 44.4. The first-order valence-electron chi connectivity index (χ1n) is 25.7. The third-order valence-corrected chi connectivity index (χ3v) is 12.3. The predicted octanol–water partition coefficient (Wildman–Crippen LogP) is 15.0. The lowest BCUT2D eigenvalue weighted by atomic mass is 10.0. The van der Waals surface area contributed by atoms with E-state index in [-0.39, 0.29) is 19.1 Å². The number of nitrogens with zero attached hydrogens (tertiary/aromatic N) is 1. The fraction of sp³-hybridized carbons (Fsp3) is 0.792. The number of likely N-dealkylation sites (N-methyl/N-ethyl adjacent to an activating group) is 1. The Morgan fingerprint density at radius 3 is 1.42 bits per heavy atom. The van der Waals surface area contributed by atoms with E-state index in [4.69, 9.17) is 9.05 Å². The molecule has 0 rings (SSSR count). The predicted molar refractivity (Wildman–Crippen MR) is 267 cm³/mol. The number of aliphatic hydroxyl groups excluding tert-OH is 1. The zero-order valence-electron chi connectivity index (χ0n) is 41.1. The fourth-order valence-corrected chi connectivity index (χ4v) is 7.99. The molecule has 9 heteroatoms. The lowest BCUT2D eigenvalue weighted by Crippen LogP contribution is -2.46. The molecule has 0 aliphatic heterocycles. The zero-order valence-corrected chi connectivity index (χ0v) is 42.0. The van der Waals surface area contributed by atoms with Gasteiger partial charge >= 0.3 is 7.82 Å². The molecule has 3 atom stereocenters. The van der Waals surface area contributed by atoms with E-state index in [1.54, 1.807) is 0 Å². The molecule has 1 amide bonds. The van der Waals surface area contributed by atoms with Crippen molar-refractivity contribution in [3.05, 3.63) is 60.8 Å². The maximum absolute atomic E-state index is 12.9. The van der Waals surface area contributed by atoms with Crippen molar-refractivity contribution in [1.29, 1.82) is 0 Å². The van der Waals surface area contributed by atoms with Crippen molar-refractivity contribution in [2.75, 3.05) is 40.9 Å². The van der Waals surface area contributed by atoms with E-state index >= 15 is 0 Å². The standard InChI is InChI=1S/C53H99N2O6P/c1-6-8-10-12-14-16-18-20-21-22-23-24-25-26-27-28-29-30-31-32-33-35-37-39-41-43-45-47-53(57)54-51(50-61-62(58,59)60-49-48-55(3,4)5)52(56)46-44-42-40-38-36-34-19-17-15-13-11-9-7-2/h8,10,14,16,20-21,23-24,26-27,51-52,56H,6-7,9,11-13,15,17-19,22,25,28-50H2,1-5H3,(H-,54,57,58,59)/p+1/b10-8-,16-14-,21-20-,24-23-,27-26-. The second-order valence-electron chi connectivity index (χ2n) is 18.5. The summed E-state index contributed by atoms with van der Waals surface area (Å²) in [6.07, 6.45) is 58.3. The molecular weight excluding hydrogens is 792 g/mol. The number of carbonyl (C=O) groups is 1. The molecule has 0 fully saturated rings. The molecular formula is C53H100N2O6P+. The summed E-state index contributed by atoms with van der Waals surface area (Å²) >= 11 is 0. The Morgan fingerprint density at radius 1 is 0.565 bits per heavy atom. The zero-order chi connectivity index (χ0) is 45.7. The number of rotatable bonds is 46. The molecule has 0 aromatic heterocycles. The Kier molecular flexibility index (Phi) is 43.1. The number of phosphoric acid groups is 1. The molecule has 0 radical (unpaired) electrons. The fourth-order valence-electron chi connectivity index (χ4n) is 7.25. The van der Waals surface area contributed by atoms with Gasteiger partial charge in [0.25, 0.3) is 0 Å². The van der Waals surface area contributed by atoms with E-state index in [0.717, 1.165) is 70.6 Å². The molecule has 362 valence electrons. The molecule has 0 heterocycles. The summed E-state index contributed by atoms with van der Waals surface area (Å²) in [6, 6.07) is -0.764. The number of hydrogen-bond donors (Lipinski definition) is 3. The number of quaternary nitrogens is 1. The Bertz CT molecular complexity index is 1190. The Labute approximate surface area is 383 Å². The van der Waals surface area contributed by atoms with Crippen LogP contribution < -0.4 is 5.32 Å². The third-order valence-electron chi connectivity index (χ3n) is 11.3. The van der Waals surface area contributed by atoms with Gasteiger partial charge in [-0.25, -0.2) is 4.57 Å². The normalized spacial score (nSPS) is 14.6. The molecule has 3 N–H and O–H groups in total. The van der Waals surface area contributed by atoms with Gasteiger partial charge in [-0.15, -0.1) is 0 Å². The molecule has 0 aliphatic rings. The monoisotopic (exact) mass is 892 g/mol. The number of unbranched alkanes of at least 4 members (excludes halogenated alkanes) is 23. The largest absolute Gasteiger partial charge is 0.472 e. The van der Waals surface area contributed by atoms with Crippen molar-refractivity contribution in [2.45, 2.75) is 231 Å². The average Bonchev–Trinajstić information content (AvgIpc) is 3.23. The summed E-state index contributed by atoms with van der Waals surface area (Å²) in [6.45, 7) is 4.77. The number of hydrogen-bond acceptors (Lipinski definition) is 5. The van der Waals surface area contributed by atoms with Crippen LogP contribution in [0.1, 0.15) is 219 Å². The minimum Gasteiger partial charge on any atom is -0.391 e. The Balaban J connectivity index is 4.18. The van der Waals surface area contributed by atoms with Gasteiger partial charge in [0.1, 0.15) is 13.2 Å². The van der Waals surface area contributed by atoms with E-state index in [1.807, 2.05) is 21.1 Å². The van der Waals surface area contributed by atoms with E-state index < -0.39 is 20.0 Å². The first-order chi connectivity index (χ1) is 30.0. The van der Waals surface area contributed by atoms with E-state index in [2.05, 4.69) is 79.9 Å². The SMILES string of the molecule is CC/C=C\C/C=C\C/C=C\C/C=C\C/C=C\CCCCCCCCCCCCCC(=O)NC(COP(=O)(O)OCC[N+](C)(C)C)C(O)CCCCCCCCCCCCCCC. The highest BCUT2D eigenvalue weighted by Gasteiger charge is 2.28. The van der Waals surface area contributed by atoms with Crippen LogP contribution in [-0.4, -0.2) is 73.4 Å². The van der Waals surface area contributed by atoms with Gasteiger partial charge in [0.2, 0.25) is 5.91 Å². The van der Waals surface area contributed by atoms with Crippen LogP contribution in [0.4, 0.5) is 0 Å². The Morgan fingerprint density at radius 2 is 0.968 bits per heavy atom. The molecule has 3 unspecified atom stereocenters. The summed E-state index contributed by atoms with van der Waals surface area (Å²) in [4.78, 5) is 23.2. The first-order valence-corrected chi connectivity index (χ1v) is 27.1. The maximum atomic E-state index is 12.9. The minimum atomic E-state index is -4.32. The van der Waals surface area contributed by atoms with Crippen LogP contribution in [-0.2, 0) is 18.4 Å². The van der Waals surface area contributed by atoms with Crippen LogP contribution >= 0.6 is 7.82 Å². The molecule has 0 aromatic rings. The molecule has 8 nitrogen and oxygen atoms in total. The van der Waals surface area contributed by atoms with Gasteiger partial charge in [-0.1, -0.05) is 216 Å². The molecule has 0 aromatic carbocycles. The van der Waals surface area contributed by atoms with Crippen LogP contribution in [0.2, 0.25) is 0 Å². The van der Waals surface area contributed by atoms with Crippen molar-refractivity contribution in [3.63, 3.8) is 0 Å². The van der Waals surface area contributed by atoms with Gasteiger partial charge < -0.3 is 19.8 Å². The molecule has 62 heavy (non-hydrogen) atoms. The van der Waals surface area contributed by atoms with Gasteiger partial charge in [-0.2, -0.15) is 0 Å². The smallest absolute Gasteiger partial charge is 0.391 e. The van der Waals surface area contributed by atoms with E-state index in [1.165, 1.54) is 122 Å². The highest BCUT2D eigenvalue weighted by molar-refractivity contribution is 7.47. The number of aliphatic hydroxyl groups is 1. The van der Waals surface area contributed by atoms with Crippen LogP contribution in [0.15, 0.2) is 60.8 Å². The highest BCUT2D eigenvalue weighted by Crippen LogP contribution is 2.43. The van der Waals surface area contributed by atoms with Crippen molar-refractivity contribution in [3.8, 4) is 0 Å². The van der Waals surface area contributed by atoms with Crippen LogP contribution in [0, 0.1) is 0 Å². The summed E-state index contributed by atoms with van der Waals surface area (Å²) in [5, 5.41) is 14.0. The maximum Gasteiger partial charge on any atom is 0.472 e. The van der Waals surface area contributed by atoms with Crippen molar-refractivity contribution >= 4 is 13.7 Å². The van der Waals surface area contributed by atoms with Gasteiger partial charge in [0, 0.05) is 6.42 Å². The van der Waals surface area contributed by atoms with Gasteiger partial charge in [-0.05, 0) is 57.8 Å². The number of amides is 1. The van der Waals surface area contributed by atoms with E-state index in [9.17, 15) is 19.4 Å². The van der Waals surface area contributed by atoms with Crippen molar-refractivity contribution in [1.82, 2.24) is 5.32 Å². The van der Waals surface area contributed by atoms with Gasteiger partial charge in [0.05, 0.1) is 39.9 Å². The lowest BCUT2D eigenvalue weighted by molar-refractivity contribution is -0.870. The van der Waals surface area contributed by atoms with Crippen LogP contribution in [0.25, 0.3) is 0 Å². The lowest BCUT2D eigenvalue weighted by Gasteiger charge is -2.26. The number of phosphoric ester groups is 1. The number of nitrogens with one attached hydrogen (secondary N) is 1. The van der Waals surface area contributed by atoms with Gasteiger partial charge in [-0.3, -0.25) is 13.8 Å². The molecule has 0 aliphatic carbocycles. The molecule has 0 saturated heterocycles. The first kappa shape index (κ1) is 60.2. The van der Waals surface area contributed by atoms with Crippen molar-refractivity contribution < 1.29 is 32.9 Å². The summed E-state index contributed by atoms with van der Waals surface area (Å²) < 4.78 is 23.7. The molecule has 0 bridgehead atoms. The number of allylic oxidation sites excluding steroid dienone is 10. The summed E-state index contributed by atoms with van der Waals surface area (Å²) in [7, 11) is 1.61. The van der Waals surface area contributed by atoms with Crippen LogP contribution in [0.5, 0.6) is 0 Å².